The van der Waals surface area contributed by atoms with Gasteiger partial charge in [0.15, 0.2) is 0 Å². The maximum absolute atomic E-state index is 11.4. The molecule has 0 aliphatic carbocycles. The van der Waals surface area contributed by atoms with E-state index >= 15 is 0 Å². The second-order valence-corrected chi connectivity index (χ2v) is 3.17. The van der Waals surface area contributed by atoms with E-state index in [-0.39, 0.29) is 12.1 Å². The number of carbonyl (C=O) groups excluding carboxylic acids is 1. The number of carbonyl (C=O) groups is 2. The lowest BCUT2D eigenvalue weighted by molar-refractivity contribution is -0.135. The first-order chi connectivity index (χ1) is 8.13. The van der Waals surface area contributed by atoms with Crippen molar-refractivity contribution in [3.05, 3.63) is 35.7 Å². The predicted molar refractivity (Wildman–Crippen MR) is 61.5 cm³/mol. The van der Waals surface area contributed by atoms with Gasteiger partial charge in [-0.1, -0.05) is 12.1 Å². The summed E-state index contributed by atoms with van der Waals surface area (Å²) in [7, 11) is 0. The van der Waals surface area contributed by atoms with Crippen LogP contribution in [0, 0.1) is 0 Å². The first-order valence-electron chi connectivity index (χ1n) is 5.16. The molecule has 0 radical (unpaired) electrons. The summed E-state index contributed by atoms with van der Waals surface area (Å²) in [6.45, 7) is 2.01. The SMILES string of the molecule is CCOC(=O)c1cccc(C=CCC(=O)O)n1. The number of hydrogen-bond acceptors (Lipinski definition) is 4. The van der Waals surface area contributed by atoms with Crippen LogP contribution in [0.15, 0.2) is 24.3 Å². The lowest BCUT2D eigenvalue weighted by Gasteiger charge is -2.01. The minimum Gasteiger partial charge on any atom is -0.481 e. The van der Waals surface area contributed by atoms with E-state index in [0.29, 0.717) is 12.3 Å². The minimum atomic E-state index is -0.914. The lowest BCUT2D eigenvalue weighted by Crippen LogP contribution is -2.07. The molecule has 1 rings (SSSR count). The normalized spacial score (nSPS) is 10.4. The zero-order chi connectivity index (χ0) is 12.7. The van der Waals surface area contributed by atoms with Crippen molar-refractivity contribution in [2.45, 2.75) is 13.3 Å². The number of rotatable bonds is 5. The third-order valence-corrected chi connectivity index (χ3v) is 1.84. The number of hydrogen-bond donors (Lipinski definition) is 1. The Bertz CT molecular complexity index is 440. The van der Waals surface area contributed by atoms with Gasteiger partial charge in [0.25, 0.3) is 0 Å². The van der Waals surface area contributed by atoms with Crippen LogP contribution in [-0.2, 0) is 9.53 Å². The van der Waals surface area contributed by atoms with Crippen molar-refractivity contribution in [3.63, 3.8) is 0 Å². The van der Waals surface area contributed by atoms with Crippen LogP contribution in [0.2, 0.25) is 0 Å². The molecule has 0 bridgehead atoms. The highest BCUT2D eigenvalue weighted by molar-refractivity contribution is 5.87. The topological polar surface area (TPSA) is 76.5 Å². The molecule has 0 aliphatic heterocycles. The molecule has 1 heterocycles. The van der Waals surface area contributed by atoms with Crippen molar-refractivity contribution >= 4 is 18.0 Å². The van der Waals surface area contributed by atoms with Crippen molar-refractivity contribution in [1.82, 2.24) is 4.98 Å². The van der Waals surface area contributed by atoms with Crippen LogP contribution in [0.5, 0.6) is 0 Å². The number of carboxylic acid groups (broad SMARTS) is 1. The van der Waals surface area contributed by atoms with Gasteiger partial charge >= 0.3 is 11.9 Å². The second-order valence-electron chi connectivity index (χ2n) is 3.17. The summed E-state index contributed by atoms with van der Waals surface area (Å²) in [6.07, 6.45) is 2.95. The van der Waals surface area contributed by atoms with Crippen LogP contribution in [0.25, 0.3) is 6.08 Å². The second kappa shape index (κ2) is 6.42. The molecule has 1 aromatic rings. The number of aliphatic carboxylic acids is 1. The van der Waals surface area contributed by atoms with Crippen LogP contribution in [0.1, 0.15) is 29.5 Å². The molecule has 0 atom stereocenters. The zero-order valence-electron chi connectivity index (χ0n) is 9.42. The van der Waals surface area contributed by atoms with Gasteiger partial charge in [0, 0.05) is 0 Å². The van der Waals surface area contributed by atoms with E-state index in [1.54, 1.807) is 31.2 Å². The van der Waals surface area contributed by atoms with Crippen LogP contribution in [-0.4, -0.2) is 28.6 Å². The smallest absolute Gasteiger partial charge is 0.356 e. The van der Waals surface area contributed by atoms with Crippen molar-refractivity contribution in [3.8, 4) is 0 Å². The molecule has 0 fully saturated rings. The van der Waals surface area contributed by atoms with Gasteiger partial charge < -0.3 is 9.84 Å². The van der Waals surface area contributed by atoms with Gasteiger partial charge in [-0.2, -0.15) is 0 Å². The van der Waals surface area contributed by atoms with Gasteiger partial charge in [0.05, 0.1) is 18.7 Å². The molecule has 0 saturated carbocycles. The van der Waals surface area contributed by atoms with E-state index in [1.165, 1.54) is 6.08 Å². The Morgan fingerprint density at radius 3 is 2.88 bits per heavy atom. The van der Waals surface area contributed by atoms with Gasteiger partial charge in [-0.3, -0.25) is 4.79 Å². The van der Waals surface area contributed by atoms with Crippen molar-refractivity contribution < 1.29 is 19.4 Å². The standard InChI is InChI=1S/C12H13NO4/c1-2-17-12(16)10-7-3-5-9(13-10)6-4-8-11(14)15/h3-7H,2,8H2,1H3,(H,14,15). The summed E-state index contributed by atoms with van der Waals surface area (Å²) >= 11 is 0. The monoisotopic (exact) mass is 235 g/mol. The number of esters is 1. The molecule has 0 aliphatic rings. The Morgan fingerprint density at radius 1 is 1.47 bits per heavy atom. The molecule has 0 aromatic carbocycles. The molecular formula is C12H13NO4. The van der Waals surface area contributed by atoms with Gasteiger partial charge in [0.1, 0.15) is 5.69 Å². The van der Waals surface area contributed by atoms with Crippen LogP contribution >= 0.6 is 0 Å². The third kappa shape index (κ3) is 4.46. The highest BCUT2D eigenvalue weighted by Crippen LogP contribution is 2.04. The molecule has 17 heavy (non-hydrogen) atoms. The van der Waals surface area contributed by atoms with E-state index in [4.69, 9.17) is 9.84 Å². The first-order valence-corrected chi connectivity index (χ1v) is 5.16. The number of pyridine rings is 1. The van der Waals surface area contributed by atoms with Crippen LogP contribution in [0.3, 0.4) is 0 Å². The predicted octanol–water partition coefficient (Wildman–Crippen LogP) is 1.75. The van der Waals surface area contributed by atoms with E-state index in [9.17, 15) is 9.59 Å². The fourth-order valence-electron chi connectivity index (χ4n) is 1.14. The van der Waals surface area contributed by atoms with Crippen LogP contribution < -0.4 is 0 Å². The van der Waals surface area contributed by atoms with Gasteiger partial charge in [-0.05, 0) is 25.1 Å². The summed E-state index contributed by atoms with van der Waals surface area (Å²) < 4.78 is 4.81. The molecule has 0 amide bonds. The zero-order valence-corrected chi connectivity index (χ0v) is 9.42. The maximum Gasteiger partial charge on any atom is 0.356 e. The fraction of sp³-hybridized carbons (Fsp3) is 0.250. The summed E-state index contributed by atoms with van der Waals surface area (Å²) in [6, 6.07) is 4.90. The number of aromatic nitrogens is 1. The van der Waals surface area contributed by atoms with E-state index in [1.807, 2.05) is 0 Å². The molecule has 0 saturated heterocycles. The molecule has 5 nitrogen and oxygen atoms in total. The van der Waals surface area contributed by atoms with E-state index in [2.05, 4.69) is 4.98 Å². The molecule has 0 spiro atoms. The summed E-state index contributed by atoms with van der Waals surface area (Å²) in [5.74, 6) is -1.40. The van der Waals surface area contributed by atoms with Gasteiger partial charge in [-0.15, -0.1) is 0 Å². The number of nitrogens with zero attached hydrogens (tertiary/aromatic N) is 1. The van der Waals surface area contributed by atoms with E-state index in [0.717, 1.165) is 0 Å². The fourth-order valence-corrected chi connectivity index (χ4v) is 1.14. The Morgan fingerprint density at radius 2 is 2.24 bits per heavy atom. The van der Waals surface area contributed by atoms with Crippen molar-refractivity contribution in [2.24, 2.45) is 0 Å². The molecule has 1 aromatic heterocycles. The first kappa shape index (κ1) is 12.9. The molecule has 0 unspecified atom stereocenters. The summed E-state index contributed by atoms with van der Waals surface area (Å²) in [5, 5.41) is 8.46. The van der Waals surface area contributed by atoms with Gasteiger partial charge in [0.2, 0.25) is 0 Å². The average Bonchev–Trinajstić information content (AvgIpc) is 2.29. The lowest BCUT2D eigenvalue weighted by atomic mass is 10.2. The molecule has 90 valence electrons. The maximum atomic E-state index is 11.4. The van der Waals surface area contributed by atoms with E-state index < -0.39 is 11.9 Å². The minimum absolute atomic E-state index is 0.0781. The summed E-state index contributed by atoms with van der Waals surface area (Å²) in [5.41, 5.74) is 0.737. The highest BCUT2D eigenvalue weighted by Gasteiger charge is 2.07. The largest absolute Gasteiger partial charge is 0.481 e. The Labute approximate surface area is 98.7 Å². The van der Waals surface area contributed by atoms with Crippen LogP contribution in [0.4, 0.5) is 0 Å². The number of carboxylic acids is 1. The Kier molecular flexibility index (Phi) is 4.87. The Hall–Kier alpha value is -2.17. The Balaban J connectivity index is 2.75. The summed E-state index contributed by atoms with van der Waals surface area (Å²) in [4.78, 5) is 25.7. The molecule has 5 heteroatoms. The molecular weight excluding hydrogens is 222 g/mol. The van der Waals surface area contributed by atoms with Crippen molar-refractivity contribution in [2.75, 3.05) is 6.61 Å². The molecule has 1 N–H and O–H groups in total. The third-order valence-electron chi connectivity index (χ3n) is 1.84. The van der Waals surface area contributed by atoms with Crippen molar-refractivity contribution in [1.29, 1.82) is 0 Å². The number of ether oxygens (including phenoxy) is 1. The highest BCUT2D eigenvalue weighted by atomic mass is 16.5. The van der Waals surface area contributed by atoms with Gasteiger partial charge in [-0.25, -0.2) is 9.78 Å². The quantitative estimate of drug-likeness (QED) is 0.787. The average molecular weight is 235 g/mol.